The van der Waals surface area contributed by atoms with Crippen molar-refractivity contribution >= 4 is 22.6 Å². The van der Waals surface area contributed by atoms with Gasteiger partial charge in [0.15, 0.2) is 0 Å². The molecule has 3 aromatic rings. The van der Waals surface area contributed by atoms with E-state index in [2.05, 4.69) is 50.1 Å². The molecule has 0 saturated carbocycles. The zero-order valence-electron chi connectivity index (χ0n) is 17.9. The Morgan fingerprint density at radius 2 is 1.72 bits per heavy atom. The van der Waals surface area contributed by atoms with Crippen LogP contribution in [0.3, 0.4) is 0 Å². The third kappa shape index (κ3) is 5.39. The van der Waals surface area contributed by atoms with Crippen LogP contribution >= 0.6 is 0 Å². The highest BCUT2D eigenvalue weighted by Crippen LogP contribution is 2.22. The van der Waals surface area contributed by atoms with Crippen LogP contribution in [0, 0.1) is 0 Å². The van der Waals surface area contributed by atoms with Crippen molar-refractivity contribution in [1.82, 2.24) is 9.05 Å². The van der Waals surface area contributed by atoms with E-state index in [0.29, 0.717) is 12.2 Å². The molecule has 1 aromatic heterocycles. The first-order valence-corrected chi connectivity index (χ1v) is 10.1. The lowest BCUT2D eigenvalue weighted by molar-refractivity contribution is 0.0497. The summed E-state index contributed by atoms with van der Waals surface area (Å²) in [6.07, 6.45) is 5.05. The Labute approximate surface area is 173 Å². The Hall–Kier alpha value is -2.79. The summed E-state index contributed by atoms with van der Waals surface area (Å²) in [5.74, 6) is 0.632. The topological polar surface area (TPSA) is 40.5 Å². The Kier molecular flexibility index (Phi) is 6.60. The number of aromatic nitrogens is 1. The Balaban J connectivity index is 1.39. The number of fused-ring (bicyclic) bond motifs is 1. The molecule has 0 aliphatic heterocycles. The third-order valence-corrected chi connectivity index (χ3v) is 5.13. The molecule has 0 aliphatic carbocycles. The number of aryl methyl sites for hydroxylation is 1. The Bertz CT molecular complexity index is 952. The summed E-state index contributed by atoms with van der Waals surface area (Å²) in [4.78, 5) is 12.2. The lowest BCUT2D eigenvalue weighted by Gasteiger charge is -2.23. The van der Waals surface area contributed by atoms with Crippen molar-refractivity contribution in [3.8, 4) is 5.75 Å². The minimum absolute atomic E-state index is 0.247. The standard InChI is InChI=1S/C24H31N2O3/c1-26(2,3)21-10-8-19(9-11-21)24(27)29-17-7-5-6-15-25-16-14-20-18-22(28-4)12-13-23(20)25/h8-14,16,18H,5-7,15,17H2,1-4H3/q+1. The number of unbranched alkanes of at least 4 members (excludes halogenated alkanes) is 2. The van der Waals surface area contributed by atoms with Gasteiger partial charge in [0, 0.05) is 23.6 Å². The van der Waals surface area contributed by atoms with Crippen LogP contribution in [-0.2, 0) is 11.3 Å². The summed E-state index contributed by atoms with van der Waals surface area (Å²) >= 11 is 0. The predicted molar refractivity (Wildman–Crippen MR) is 119 cm³/mol. The first-order chi connectivity index (χ1) is 13.9. The van der Waals surface area contributed by atoms with Crippen molar-refractivity contribution in [2.24, 2.45) is 0 Å². The van der Waals surface area contributed by atoms with E-state index in [1.54, 1.807) is 7.11 Å². The van der Waals surface area contributed by atoms with Crippen LogP contribution in [0.15, 0.2) is 54.7 Å². The molecule has 3 rings (SSSR count). The van der Waals surface area contributed by atoms with Crippen LogP contribution in [-0.4, -0.2) is 45.4 Å². The molecular formula is C24H31N2O3+. The van der Waals surface area contributed by atoms with Gasteiger partial charge in [0.1, 0.15) is 11.4 Å². The molecule has 1 heterocycles. The van der Waals surface area contributed by atoms with Gasteiger partial charge in [-0.15, -0.1) is 0 Å². The number of carbonyl (C=O) groups is 1. The minimum atomic E-state index is -0.247. The fraction of sp³-hybridized carbons (Fsp3) is 0.375. The van der Waals surface area contributed by atoms with Crippen molar-refractivity contribution < 1.29 is 14.3 Å². The fourth-order valence-electron chi connectivity index (χ4n) is 3.35. The first kappa shape index (κ1) is 20.9. The maximum atomic E-state index is 12.2. The number of hydrogen-bond acceptors (Lipinski definition) is 3. The Morgan fingerprint density at radius 1 is 0.966 bits per heavy atom. The molecule has 29 heavy (non-hydrogen) atoms. The second kappa shape index (κ2) is 9.14. The van der Waals surface area contributed by atoms with Gasteiger partial charge in [-0.2, -0.15) is 0 Å². The van der Waals surface area contributed by atoms with Gasteiger partial charge < -0.3 is 14.0 Å². The zero-order chi connectivity index (χ0) is 20.9. The summed E-state index contributed by atoms with van der Waals surface area (Å²) in [6, 6.07) is 15.9. The van der Waals surface area contributed by atoms with Gasteiger partial charge in [-0.25, -0.2) is 4.79 Å². The van der Waals surface area contributed by atoms with E-state index in [0.717, 1.165) is 41.7 Å². The van der Waals surface area contributed by atoms with Crippen LogP contribution in [0.1, 0.15) is 29.6 Å². The molecule has 0 amide bonds. The van der Waals surface area contributed by atoms with Crippen molar-refractivity contribution in [3.05, 3.63) is 60.3 Å². The average molecular weight is 396 g/mol. The van der Waals surface area contributed by atoms with Gasteiger partial charge in [-0.05, 0) is 67.8 Å². The molecule has 5 heteroatoms. The number of carbonyl (C=O) groups excluding carboxylic acids is 1. The van der Waals surface area contributed by atoms with Crippen LogP contribution in [0.4, 0.5) is 5.69 Å². The van der Waals surface area contributed by atoms with Gasteiger partial charge in [-0.1, -0.05) is 0 Å². The molecule has 0 atom stereocenters. The molecule has 154 valence electrons. The van der Waals surface area contributed by atoms with E-state index in [1.165, 1.54) is 10.9 Å². The largest absolute Gasteiger partial charge is 0.497 e. The summed E-state index contributed by atoms with van der Waals surface area (Å²) in [5, 5.41) is 1.19. The quantitative estimate of drug-likeness (QED) is 0.295. The molecular weight excluding hydrogens is 364 g/mol. The lowest BCUT2D eigenvalue weighted by atomic mass is 10.2. The molecule has 0 N–H and O–H groups in total. The number of nitrogens with zero attached hydrogens (tertiary/aromatic N) is 2. The molecule has 0 bridgehead atoms. The van der Waals surface area contributed by atoms with Gasteiger partial charge in [0.25, 0.3) is 0 Å². The molecule has 2 aromatic carbocycles. The molecule has 0 radical (unpaired) electrons. The normalized spacial score (nSPS) is 11.6. The SMILES string of the molecule is COc1ccc2c(ccn2CCCCCOC(=O)c2ccc([N+](C)(C)C)cc2)c1. The maximum Gasteiger partial charge on any atom is 0.338 e. The van der Waals surface area contributed by atoms with Gasteiger partial charge in [-0.3, -0.25) is 4.48 Å². The molecule has 0 saturated heterocycles. The number of methoxy groups -OCH3 is 1. The van der Waals surface area contributed by atoms with Gasteiger partial charge >= 0.3 is 5.97 Å². The summed E-state index contributed by atoms with van der Waals surface area (Å²) in [6.45, 7) is 1.41. The maximum absolute atomic E-state index is 12.2. The van der Waals surface area contributed by atoms with E-state index in [1.807, 2.05) is 30.3 Å². The second-order valence-corrected chi connectivity index (χ2v) is 8.19. The smallest absolute Gasteiger partial charge is 0.338 e. The van der Waals surface area contributed by atoms with E-state index in [-0.39, 0.29) is 5.97 Å². The third-order valence-electron chi connectivity index (χ3n) is 5.13. The number of rotatable bonds is 9. The number of ether oxygens (including phenoxy) is 2. The monoisotopic (exact) mass is 395 g/mol. The second-order valence-electron chi connectivity index (χ2n) is 8.19. The highest BCUT2D eigenvalue weighted by Gasteiger charge is 2.13. The molecule has 5 nitrogen and oxygen atoms in total. The number of hydrogen-bond donors (Lipinski definition) is 0. The predicted octanol–water partition coefficient (Wildman–Crippen LogP) is 4.87. The van der Waals surface area contributed by atoms with Crippen molar-refractivity contribution in [2.45, 2.75) is 25.8 Å². The number of quaternary nitrogens is 1. The minimum Gasteiger partial charge on any atom is -0.497 e. The molecule has 0 fully saturated rings. The highest BCUT2D eigenvalue weighted by atomic mass is 16.5. The first-order valence-electron chi connectivity index (χ1n) is 10.1. The number of benzene rings is 2. The van der Waals surface area contributed by atoms with E-state index in [9.17, 15) is 4.79 Å². The summed E-state index contributed by atoms with van der Waals surface area (Å²) in [7, 11) is 7.98. The average Bonchev–Trinajstić information content (AvgIpc) is 3.12. The molecule has 0 spiro atoms. The van der Waals surface area contributed by atoms with E-state index < -0.39 is 0 Å². The van der Waals surface area contributed by atoms with Crippen LogP contribution < -0.4 is 9.22 Å². The zero-order valence-corrected chi connectivity index (χ0v) is 17.9. The highest BCUT2D eigenvalue weighted by molar-refractivity contribution is 5.89. The van der Waals surface area contributed by atoms with Gasteiger partial charge in [0.05, 0.1) is 40.4 Å². The van der Waals surface area contributed by atoms with Gasteiger partial charge in [0.2, 0.25) is 0 Å². The van der Waals surface area contributed by atoms with Crippen molar-refractivity contribution in [1.29, 1.82) is 0 Å². The lowest BCUT2D eigenvalue weighted by Crippen LogP contribution is -2.34. The molecule has 0 unspecified atom stereocenters. The molecule has 0 aliphatic rings. The van der Waals surface area contributed by atoms with Crippen molar-refractivity contribution in [2.75, 3.05) is 34.9 Å². The fourth-order valence-corrected chi connectivity index (χ4v) is 3.35. The van der Waals surface area contributed by atoms with Crippen LogP contribution in [0.2, 0.25) is 0 Å². The van der Waals surface area contributed by atoms with E-state index in [4.69, 9.17) is 9.47 Å². The van der Waals surface area contributed by atoms with Crippen molar-refractivity contribution in [3.63, 3.8) is 0 Å². The summed E-state index contributed by atoms with van der Waals surface area (Å²) < 4.78 is 13.7. The van der Waals surface area contributed by atoms with E-state index >= 15 is 0 Å². The number of esters is 1. The summed E-state index contributed by atoms with van der Waals surface area (Å²) in [5.41, 5.74) is 2.98. The Morgan fingerprint density at radius 3 is 2.41 bits per heavy atom. The van der Waals surface area contributed by atoms with Crippen LogP contribution in [0.5, 0.6) is 5.75 Å². The van der Waals surface area contributed by atoms with Crippen LogP contribution in [0.25, 0.3) is 10.9 Å².